The van der Waals surface area contributed by atoms with Crippen LogP contribution in [0.15, 0.2) is 69.0 Å². The average molecular weight is 347 g/mol. The summed E-state index contributed by atoms with van der Waals surface area (Å²) in [5.74, 6) is 0.0909. The van der Waals surface area contributed by atoms with Crippen molar-refractivity contribution in [3.8, 4) is 11.5 Å². The van der Waals surface area contributed by atoms with Gasteiger partial charge in [0.25, 0.3) is 0 Å². The molecule has 0 fully saturated rings. The number of anilines is 1. The van der Waals surface area contributed by atoms with Crippen molar-refractivity contribution in [3.05, 3.63) is 70.5 Å². The number of fused-ring (bicyclic) bond motifs is 2. The van der Waals surface area contributed by atoms with Gasteiger partial charge in [-0.25, -0.2) is 4.98 Å². The van der Waals surface area contributed by atoms with Crippen molar-refractivity contribution < 1.29 is 14.6 Å². The van der Waals surface area contributed by atoms with Crippen LogP contribution in [0.25, 0.3) is 21.9 Å². The highest BCUT2D eigenvalue weighted by Gasteiger charge is 2.13. The molecule has 0 radical (unpaired) electrons. The van der Waals surface area contributed by atoms with E-state index >= 15 is 0 Å². The van der Waals surface area contributed by atoms with Crippen molar-refractivity contribution in [1.82, 2.24) is 4.98 Å². The molecule has 7 nitrogen and oxygen atoms in total. The summed E-state index contributed by atoms with van der Waals surface area (Å²) in [5, 5.41) is 23.9. The number of aromatic hydroxyl groups is 2. The third-order valence-corrected chi connectivity index (χ3v) is 3.82. The molecule has 0 saturated carbocycles. The summed E-state index contributed by atoms with van der Waals surface area (Å²) >= 11 is 0. The molecular weight excluding hydrogens is 334 g/mol. The zero-order chi connectivity index (χ0) is 18.1. The Balaban J connectivity index is 1.76. The predicted molar refractivity (Wildman–Crippen MR) is 98.8 cm³/mol. The Morgan fingerprint density at radius 1 is 1.08 bits per heavy atom. The Hall–Kier alpha value is -3.87. The Kier molecular flexibility index (Phi) is 3.74. The third kappa shape index (κ3) is 2.82. The molecule has 4 rings (SSSR count). The van der Waals surface area contributed by atoms with Gasteiger partial charge >= 0.3 is 0 Å². The summed E-state index contributed by atoms with van der Waals surface area (Å²) in [6.07, 6.45) is 3.20. The molecule has 0 aliphatic rings. The molecule has 0 unspecified atom stereocenters. The number of hydrogen-bond acceptors (Lipinski definition) is 7. The van der Waals surface area contributed by atoms with Gasteiger partial charge in [0.1, 0.15) is 33.9 Å². The Morgan fingerprint density at radius 2 is 1.96 bits per heavy atom. The molecule has 26 heavy (non-hydrogen) atoms. The van der Waals surface area contributed by atoms with E-state index in [-0.39, 0.29) is 27.9 Å². The lowest BCUT2D eigenvalue weighted by Gasteiger charge is -2.04. The van der Waals surface area contributed by atoms with Gasteiger partial charge in [-0.1, -0.05) is 6.07 Å². The van der Waals surface area contributed by atoms with Gasteiger partial charge in [-0.2, -0.15) is 5.10 Å². The smallest absolute Gasteiger partial charge is 0.204 e. The maximum Gasteiger partial charge on any atom is 0.204 e. The first-order valence-corrected chi connectivity index (χ1v) is 7.74. The second-order valence-corrected chi connectivity index (χ2v) is 5.61. The molecule has 0 bridgehead atoms. The zero-order valence-electron chi connectivity index (χ0n) is 13.4. The van der Waals surface area contributed by atoms with E-state index in [9.17, 15) is 15.0 Å². The van der Waals surface area contributed by atoms with Crippen LogP contribution < -0.4 is 10.9 Å². The number of pyridine rings is 1. The Bertz CT molecular complexity index is 1200. The zero-order valence-corrected chi connectivity index (χ0v) is 13.4. The number of nitrogens with zero attached hydrogens (tertiary/aromatic N) is 2. The summed E-state index contributed by atoms with van der Waals surface area (Å²) in [6, 6.07) is 12.8. The molecule has 0 amide bonds. The number of benzene rings is 2. The van der Waals surface area contributed by atoms with Gasteiger partial charge in [-0.3, -0.25) is 10.2 Å². The number of rotatable bonds is 3. The summed E-state index contributed by atoms with van der Waals surface area (Å²) in [4.78, 5) is 16.8. The van der Waals surface area contributed by atoms with E-state index in [0.29, 0.717) is 22.4 Å². The van der Waals surface area contributed by atoms with Gasteiger partial charge in [0.15, 0.2) is 0 Å². The first-order valence-electron chi connectivity index (χ1n) is 7.74. The van der Waals surface area contributed by atoms with Gasteiger partial charge in [-0.05, 0) is 35.9 Å². The first-order chi connectivity index (χ1) is 12.6. The number of hydrazone groups is 1. The minimum atomic E-state index is -0.383. The van der Waals surface area contributed by atoms with Crippen LogP contribution in [0.2, 0.25) is 0 Å². The number of nitrogens with one attached hydrogen (secondary N) is 1. The van der Waals surface area contributed by atoms with Crippen molar-refractivity contribution in [2.24, 2.45) is 5.10 Å². The van der Waals surface area contributed by atoms with E-state index < -0.39 is 0 Å². The summed E-state index contributed by atoms with van der Waals surface area (Å²) in [5.41, 5.74) is 3.55. The predicted octanol–water partition coefficient (Wildman–Crippen LogP) is 3.20. The number of aromatic nitrogens is 1. The largest absolute Gasteiger partial charge is 0.508 e. The van der Waals surface area contributed by atoms with Crippen molar-refractivity contribution in [2.45, 2.75) is 0 Å². The highest BCUT2D eigenvalue weighted by Crippen LogP contribution is 2.29. The number of phenolic OH excluding ortho intramolecular Hbond substituents is 2. The van der Waals surface area contributed by atoms with Gasteiger partial charge in [0, 0.05) is 18.3 Å². The molecule has 2 heterocycles. The fraction of sp³-hybridized carbons (Fsp3) is 0. The highest BCUT2D eigenvalue weighted by molar-refractivity contribution is 5.96. The van der Waals surface area contributed by atoms with E-state index in [4.69, 9.17) is 4.42 Å². The van der Waals surface area contributed by atoms with Crippen molar-refractivity contribution in [2.75, 3.05) is 5.43 Å². The Labute approximate surface area is 146 Å². The van der Waals surface area contributed by atoms with Crippen molar-refractivity contribution >= 4 is 34.0 Å². The maximum absolute atomic E-state index is 12.7. The van der Waals surface area contributed by atoms with E-state index in [1.54, 1.807) is 42.7 Å². The van der Waals surface area contributed by atoms with Crippen molar-refractivity contribution in [1.29, 1.82) is 0 Å². The lowest BCUT2D eigenvalue weighted by Crippen LogP contribution is -2.03. The molecule has 0 spiro atoms. The second-order valence-electron chi connectivity index (χ2n) is 5.61. The van der Waals surface area contributed by atoms with E-state index in [1.807, 2.05) is 6.07 Å². The van der Waals surface area contributed by atoms with E-state index in [0.717, 1.165) is 6.07 Å². The fourth-order valence-electron chi connectivity index (χ4n) is 2.64. The quantitative estimate of drug-likeness (QED) is 0.298. The van der Waals surface area contributed by atoms with Crippen LogP contribution in [0.3, 0.4) is 0 Å². The van der Waals surface area contributed by atoms with E-state index in [1.165, 1.54) is 6.07 Å². The summed E-state index contributed by atoms with van der Waals surface area (Å²) in [6.45, 7) is 0. The van der Waals surface area contributed by atoms with Gasteiger partial charge in [-0.15, -0.1) is 0 Å². The topological polar surface area (TPSA) is 108 Å². The standard InChI is InChI=1S/C19H13N3O4/c23-12-8-14(24)18-16(9-12)26-15-5-4-11(7-13(15)19(18)25)10-21-22-17-3-1-2-6-20-17/h1-10,23-24H,(H,20,22)/b21-10+. The molecule has 0 atom stereocenters. The van der Waals surface area contributed by atoms with Crippen LogP contribution >= 0.6 is 0 Å². The maximum atomic E-state index is 12.7. The number of hydrogen-bond donors (Lipinski definition) is 3. The third-order valence-electron chi connectivity index (χ3n) is 3.82. The summed E-state index contributed by atoms with van der Waals surface area (Å²) in [7, 11) is 0. The van der Waals surface area contributed by atoms with Gasteiger partial charge < -0.3 is 14.6 Å². The van der Waals surface area contributed by atoms with Gasteiger partial charge in [0.05, 0.1) is 11.6 Å². The van der Waals surface area contributed by atoms with Crippen LogP contribution in [0.5, 0.6) is 11.5 Å². The lowest BCUT2D eigenvalue weighted by molar-refractivity contribution is 0.453. The van der Waals surface area contributed by atoms with Crippen LogP contribution in [0.1, 0.15) is 5.56 Å². The molecule has 2 aromatic heterocycles. The second kappa shape index (κ2) is 6.21. The monoisotopic (exact) mass is 347 g/mol. The molecule has 0 aliphatic carbocycles. The molecule has 7 heteroatoms. The molecular formula is C19H13N3O4. The minimum absolute atomic E-state index is 0.0241. The van der Waals surface area contributed by atoms with E-state index in [2.05, 4.69) is 15.5 Å². The van der Waals surface area contributed by atoms with Crippen LogP contribution in [-0.2, 0) is 0 Å². The summed E-state index contributed by atoms with van der Waals surface area (Å²) < 4.78 is 5.63. The van der Waals surface area contributed by atoms with Crippen LogP contribution in [-0.4, -0.2) is 21.4 Å². The van der Waals surface area contributed by atoms with Crippen LogP contribution in [0.4, 0.5) is 5.82 Å². The normalized spacial score (nSPS) is 11.4. The first kappa shape index (κ1) is 15.6. The lowest BCUT2D eigenvalue weighted by atomic mass is 10.1. The fourth-order valence-corrected chi connectivity index (χ4v) is 2.64. The van der Waals surface area contributed by atoms with Gasteiger partial charge in [0.2, 0.25) is 5.43 Å². The Morgan fingerprint density at radius 3 is 2.77 bits per heavy atom. The molecule has 4 aromatic rings. The average Bonchev–Trinajstić information content (AvgIpc) is 2.62. The van der Waals surface area contributed by atoms with Crippen molar-refractivity contribution in [3.63, 3.8) is 0 Å². The molecule has 3 N–H and O–H groups in total. The van der Waals surface area contributed by atoms with Crippen LogP contribution in [0, 0.1) is 0 Å². The highest BCUT2D eigenvalue weighted by atomic mass is 16.3. The molecule has 0 aliphatic heterocycles. The molecule has 0 saturated heterocycles. The minimum Gasteiger partial charge on any atom is -0.508 e. The number of phenols is 2. The molecule has 128 valence electrons. The molecule has 2 aromatic carbocycles. The SMILES string of the molecule is O=c1c2cc(/C=N/Nc3ccccn3)ccc2oc2cc(O)cc(O)c12.